The third-order valence-corrected chi connectivity index (χ3v) is 4.10. The number of hydrogen-bond donors (Lipinski definition) is 1. The molecule has 2 rings (SSSR count). The van der Waals surface area contributed by atoms with Gasteiger partial charge in [0.05, 0.1) is 0 Å². The van der Waals surface area contributed by atoms with Gasteiger partial charge >= 0.3 is 0 Å². The Morgan fingerprint density at radius 1 is 1.14 bits per heavy atom. The number of piperazine rings is 1. The van der Waals surface area contributed by atoms with Crippen LogP contribution in [-0.2, 0) is 0 Å². The first-order valence-corrected chi connectivity index (χ1v) is 7.48. The molecule has 1 heterocycles. The van der Waals surface area contributed by atoms with E-state index in [-0.39, 0.29) is 30.2 Å². The van der Waals surface area contributed by atoms with Crippen LogP contribution in [0, 0.1) is 12.3 Å². The summed E-state index contributed by atoms with van der Waals surface area (Å²) >= 11 is 6.10. The van der Waals surface area contributed by atoms with Crippen molar-refractivity contribution in [2.75, 3.05) is 26.2 Å². The summed E-state index contributed by atoms with van der Waals surface area (Å²) in [6.07, 6.45) is 0. The summed E-state index contributed by atoms with van der Waals surface area (Å²) < 4.78 is 0. The number of aryl methyl sites for hydroxylation is 1. The number of hydrogen-bond acceptors (Lipinski definition) is 2. The first-order valence-electron chi connectivity index (χ1n) is 7.10. The Balaban J connectivity index is 0.00000200. The molecule has 1 aliphatic heterocycles. The van der Waals surface area contributed by atoms with Gasteiger partial charge in [-0.1, -0.05) is 38.4 Å². The second-order valence-electron chi connectivity index (χ2n) is 6.56. The fourth-order valence-corrected chi connectivity index (χ4v) is 3.32. The number of nitrogens with one attached hydrogen (secondary N) is 1. The Bertz CT molecular complexity index is 438. The van der Waals surface area contributed by atoms with E-state index >= 15 is 0 Å². The Morgan fingerprint density at radius 2 is 1.71 bits per heavy atom. The van der Waals surface area contributed by atoms with Gasteiger partial charge in [0.1, 0.15) is 0 Å². The molecule has 0 aromatic heterocycles. The second kappa shape index (κ2) is 8.59. The topological polar surface area (TPSA) is 15.3 Å². The van der Waals surface area contributed by atoms with Crippen LogP contribution in [0.1, 0.15) is 37.9 Å². The zero-order valence-electron chi connectivity index (χ0n) is 13.3. The predicted octanol–water partition coefficient (Wildman–Crippen LogP) is 4.48. The van der Waals surface area contributed by atoms with Crippen molar-refractivity contribution < 1.29 is 0 Å². The molecule has 21 heavy (non-hydrogen) atoms. The summed E-state index contributed by atoms with van der Waals surface area (Å²) in [6, 6.07) is 6.75. The molecule has 1 aromatic rings. The van der Waals surface area contributed by atoms with Gasteiger partial charge in [-0.05, 0) is 35.6 Å². The summed E-state index contributed by atoms with van der Waals surface area (Å²) in [7, 11) is 0. The lowest BCUT2D eigenvalue weighted by atomic mass is 9.79. The largest absolute Gasteiger partial charge is 0.314 e. The average Bonchev–Trinajstić information content (AvgIpc) is 2.32. The van der Waals surface area contributed by atoms with Crippen LogP contribution in [0.25, 0.3) is 0 Å². The van der Waals surface area contributed by atoms with Crippen LogP contribution < -0.4 is 5.32 Å². The predicted molar refractivity (Wildman–Crippen MR) is 97.3 cm³/mol. The highest BCUT2D eigenvalue weighted by atomic mass is 35.5. The maximum atomic E-state index is 6.10. The molecule has 1 saturated heterocycles. The van der Waals surface area contributed by atoms with Crippen molar-refractivity contribution in [2.24, 2.45) is 5.41 Å². The highest BCUT2D eigenvalue weighted by Gasteiger charge is 2.33. The fourth-order valence-electron chi connectivity index (χ4n) is 3.10. The quantitative estimate of drug-likeness (QED) is 0.843. The van der Waals surface area contributed by atoms with Gasteiger partial charge < -0.3 is 5.32 Å². The minimum absolute atomic E-state index is 0. The first-order chi connectivity index (χ1) is 8.89. The zero-order valence-corrected chi connectivity index (χ0v) is 15.7. The van der Waals surface area contributed by atoms with E-state index in [1.54, 1.807) is 0 Å². The molecule has 1 N–H and O–H groups in total. The van der Waals surface area contributed by atoms with Crippen molar-refractivity contribution in [3.63, 3.8) is 0 Å². The van der Waals surface area contributed by atoms with Crippen molar-refractivity contribution in [1.82, 2.24) is 10.2 Å². The lowest BCUT2D eigenvalue weighted by Crippen LogP contribution is -2.48. The lowest BCUT2D eigenvalue weighted by Gasteiger charge is -2.43. The van der Waals surface area contributed by atoms with Crippen molar-refractivity contribution in [3.8, 4) is 0 Å². The average molecular weight is 354 g/mol. The minimum atomic E-state index is 0. The molecule has 1 atom stereocenters. The SMILES string of the molecule is Cc1cc(Cl)ccc1[C@H](N1CCNCC1)C(C)(C)C.Cl.Cl. The van der Waals surface area contributed by atoms with Crippen molar-refractivity contribution in [2.45, 2.75) is 33.7 Å². The lowest BCUT2D eigenvalue weighted by molar-refractivity contribution is 0.0857. The molecule has 122 valence electrons. The highest BCUT2D eigenvalue weighted by molar-refractivity contribution is 6.30. The molecule has 2 nitrogen and oxygen atoms in total. The van der Waals surface area contributed by atoms with Crippen LogP contribution in [0.5, 0.6) is 0 Å². The van der Waals surface area contributed by atoms with Gasteiger partial charge in [0.25, 0.3) is 0 Å². The molecular formula is C16H27Cl3N2. The molecule has 0 aliphatic carbocycles. The molecule has 0 spiro atoms. The van der Waals surface area contributed by atoms with Crippen LogP contribution in [0.4, 0.5) is 0 Å². The fraction of sp³-hybridized carbons (Fsp3) is 0.625. The van der Waals surface area contributed by atoms with Gasteiger partial charge in [-0.25, -0.2) is 0 Å². The van der Waals surface area contributed by atoms with E-state index in [1.165, 1.54) is 11.1 Å². The number of rotatable bonds is 2. The number of benzene rings is 1. The third-order valence-electron chi connectivity index (χ3n) is 3.86. The molecule has 0 bridgehead atoms. The summed E-state index contributed by atoms with van der Waals surface area (Å²) in [5.41, 5.74) is 2.93. The molecule has 5 heteroatoms. The van der Waals surface area contributed by atoms with Crippen LogP contribution in [-0.4, -0.2) is 31.1 Å². The van der Waals surface area contributed by atoms with Gasteiger partial charge in [-0.15, -0.1) is 24.8 Å². The van der Waals surface area contributed by atoms with Gasteiger partial charge in [0.15, 0.2) is 0 Å². The van der Waals surface area contributed by atoms with Crippen LogP contribution in [0.3, 0.4) is 0 Å². The third kappa shape index (κ3) is 5.30. The van der Waals surface area contributed by atoms with E-state index in [9.17, 15) is 0 Å². The van der Waals surface area contributed by atoms with Gasteiger partial charge in [-0.3, -0.25) is 4.90 Å². The van der Waals surface area contributed by atoms with Gasteiger partial charge in [-0.2, -0.15) is 0 Å². The maximum Gasteiger partial charge on any atom is 0.0408 e. The van der Waals surface area contributed by atoms with E-state index in [2.05, 4.69) is 50.0 Å². The molecule has 0 saturated carbocycles. The summed E-state index contributed by atoms with van der Waals surface area (Å²) in [5.74, 6) is 0. The molecular weight excluding hydrogens is 327 g/mol. The van der Waals surface area contributed by atoms with Crippen molar-refractivity contribution in [1.29, 1.82) is 0 Å². The van der Waals surface area contributed by atoms with Crippen LogP contribution in [0.2, 0.25) is 5.02 Å². The maximum absolute atomic E-state index is 6.10. The van der Waals surface area contributed by atoms with E-state index in [0.717, 1.165) is 31.2 Å². The highest BCUT2D eigenvalue weighted by Crippen LogP contribution is 2.39. The second-order valence-corrected chi connectivity index (χ2v) is 6.99. The smallest absolute Gasteiger partial charge is 0.0408 e. The minimum Gasteiger partial charge on any atom is -0.314 e. The molecule has 0 radical (unpaired) electrons. The summed E-state index contributed by atoms with van der Waals surface area (Å²) in [5, 5.41) is 4.26. The Kier molecular flexibility index (Phi) is 8.60. The number of halogens is 3. The van der Waals surface area contributed by atoms with Crippen molar-refractivity contribution >= 4 is 36.4 Å². The molecule has 1 aromatic carbocycles. The zero-order chi connectivity index (χ0) is 14.0. The molecule has 0 amide bonds. The summed E-state index contributed by atoms with van der Waals surface area (Å²) in [6.45, 7) is 13.5. The molecule has 1 aliphatic rings. The van der Waals surface area contributed by atoms with Crippen LogP contribution in [0.15, 0.2) is 18.2 Å². The van der Waals surface area contributed by atoms with Crippen molar-refractivity contribution in [3.05, 3.63) is 34.3 Å². The first kappa shape index (κ1) is 21.0. The number of nitrogens with zero attached hydrogens (tertiary/aromatic N) is 1. The van der Waals surface area contributed by atoms with Crippen LogP contribution >= 0.6 is 36.4 Å². The Morgan fingerprint density at radius 3 is 2.19 bits per heavy atom. The van der Waals surface area contributed by atoms with E-state index in [4.69, 9.17) is 11.6 Å². The molecule has 0 unspecified atom stereocenters. The van der Waals surface area contributed by atoms with E-state index < -0.39 is 0 Å². The normalized spacial score (nSPS) is 17.6. The summed E-state index contributed by atoms with van der Waals surface area (Å²) in [4.78, 5) is 2.60. The Labute approximate surface area is 146 Å². The van der Waals surface area contributed by atoms with Gasteiger partial charge in [0.2, 0.25) is 0 Å². The monoisotopic (exact) mass is 352 g/mol. The van der Waals surface area contributed by atoms with E-state index in [0.29, 0.717) is 6.04 Å². The van der Waals surface area contributed by atoms with Gasteiger partial charge in [0, 0.05) is 37.2 Å². The molecule has 1 fully saturated rings. The van der Waals surface area contributed by atoms with E-state index in [1.807, 2.05) is 6.07 Å². The Hall–Kier alpha value is 0.01000. The standard InChI is InChI=1S/C16H25ClN2.2ClH/c1-12-11-13(17)5-6-14(12)15(16(2,3)4)19-9-7-18-8-10-19;;/h5-6,11,15,18H,7-10H2,1-4H3;2*1H/t15-;;/m0../s1.